The summed E-state index contributed by atoms with van der Waals surface area (Å²) in [6, 6.07) is 4.99. The van der Waals surface area contributed by atoms with E-state index in [-0.39, 0.29) is 24.2 Å². The van der Waals surface area contributed by atoms with Gasteiger partial charge in [0.2, 0.25) is 5.91 Å². The van der Waals surface area contributed by atoms with Gasteiger partial charge in [-0.25, -0.2) is 0 Å². The number of nitriles is 1. The largest absolute Gasteiger partial charge is 0.418 e. The van der Waals surface area contributed by atoms with Gasteiger partial charge >= 0.3 is 6.18 Å². The molecule has 8 heteroatoms. The summed E-state index contributed by atoms with van der Waals surface area (Å²) in [7, 11) is 0. The Hall–Kier alpha value is -2.27. The van der Waals surface area contributed by atoms with E-state index in [9.17, 15) is 23.1 Å². The molecular weight excluding hydrogens is 311 g/mol. The first kappa shape index (κ1) is 17.1. The molecule has 1 amide bonds. The van der Waals surface area contributed by atoms with Gasteiger partial charge in [-0.3, -0.25) is 4.79 Å². The number of hydrogen-bond donors (Lipinski definition) is 2. The average molecular weight is 327 g/mol. The Bertz CT molecular complexity index is 654. The Kier molecular flexibility index (Phi) is 4.52. The number of benzene rings is 1. The Morgan fingerprint density at radius 2 is 2.17 bits per heavy atom. The van der Waals surface area contributed by atoms with Crippen molar-refractivity contribution in [3.63, 3.8) is 0 Å². The van der Waals surface area contributed by atoms with E-state index in [1.54, 1.807) is 6.07 Å². The molecule has 1 saturated heterocycles. The Morgan fingerprint density at radius 1 is 1.48 bits per heavy atom. The Labute approximate surface area is 131 Å². The predicted molar refractivity (Wildman–Crippen MR) is 76.4 cm³/mol. The highest BCUT2D eigenvalue weighted by Crippen LogP contribution is 2.39. The number of piperidine rings is 1. The molecule has 1 atom stereocenters. The van der Waals surface area contributed by atoms with E-state index in [4.69, 9.17) is 11.0 Å². The van der Waals surface area contributed by atoms with Crippen LogP contribution in [0.2, 0.25) is 0 Å². The molecule has 124 valence electrons. The first-order chi connectivity index (χ1) is 10.6. The number of rotatable bonds is 3. The number of aliphatic hydroxyl groups is 1. The van der Waals surface area contributed by atoms with Crippen LogP contribution in [-0.2, 0) is 11.0 Å². The van der Waals surface area contributed by atoms with Crippen LogP contribution in [0, 0.1) is 11.3 Å². The molecule has 0 spiro atoms. The van der Waals surface area contributed by atoms with Crippen molar-refractivity contribution in [2.24, 2.45) is 5.73 Å². The monoisotopic (exact) mass is 327 g/mol. The van der Waals surface area contributed by atoms with Crippen LogP contribution in [0.3, 0.4) is 0 Å². The highest BCUT2D eigenvalue weighted by atomic mass is 19.4. The number of anilines is 1. The maximum absolute atomic E-state index is 13.2. The van der Waals surface area contributed by atoms with Gasteiger partial charge in [-0.05, 0) is 31.0 Å². The van der Waals surface area contributed by atoms with Crippen molar-refractivity contribution in [2.45, 2.75) is 31.0 Å². The molecule has 2 rings (SSSR count). The summed E-state index contributed by atoms with van der Waals surface area (Å²) >= 11 is 0. The highest BCUT2D eigenvalue weighted by Gasteiger charge is 2.39. The maximum Gasteiger partial charge on any atom is 0.418 e. The fourth-order valence-corrected chi connectivity index (χ4v) is 2.89. The van der Waals surface area contributed by atoms with Gasteiger partial charge in [0, 0.05) is 18.8 Å². The Balaban J connectivity index is 2.38. The number of β-amino-alcohol motifs (C(OH)–C–C–N with tert-alkyl or cyclic N) is 1. The molecule has 1 heterocycles. The summed E-state index contributed by atoms with van der Waals surface area (Å²) in [6.45, 7) is 0.195. The number of alkyl halides is 3. The summed E-state index contributed by atoms with van der Waals surface area (Å²) in [5.41, 5.74) is 2.52. The molecule has 5 nitrogen and oxygen atoms in total. The molecule has 1 fully saturated rings. The van der Waals surface area contributed by atoms with E-state index in [0.717, 1.165) is 6.07 Å². The predicted octanol–water partition coefficient (Wildman–Crippen LogP) is 1.78. The average Bonchev–Trinajstić information content (AvgIpc) is 2.44. The van der Waals surface area contributed by atoms with E-state index in [0.29, 0.717) is 19.4 Å². The van der Waals surface area contributed by atoms with E-state index < -0.39 is 23.2 Å². The molecule has 0 aromatic heterocycles. The summed E-state index contributed by atoms with van der Waals surface area (Å²) in [5, 5.41) is 19.2. The lowest BCUT2D eigenvalue weighted by Gasteiger charge is -2.40. The molecule has 0 bridgehead atoms. The van der Waals surface area contributed by atoms with Gasteiger partial charge in [-0.15, -0.1) is 0 Å². The number of halogens is 3. The number of nitrogens with two attached hydrogens (primary N) is 1. The van der Waals surface area contributed by atoms with Crippen LogP contribution in [0.15, 0.2) is 18.2 Å². The number of nitrogens with zero attached hydrogens (tertiary/aromatic N) is 2. The third-order valence-electron chi connectivity index (χ3n) is 3.83. The van der Waals surface area contributed by atoms with Gasteiger partial charge < -0.3 is 15.7 Å². The topological polar surface area (TPSA) is 90.3 Å². The van der Waals surface area contributed by atoms with Crippen molar-refractivity contribution >= 4 is 11.6 Å². The second-order valence-corrected chi connectivity index (χ2v) is 5.73. The minimum Gasteiger partial charge on any atom is -0.388 e. The second kappa shape index (κ2) is 6.08. The number of amides is 1. The van der Waals surface area contributed by atoms with Gasteiger partial charge in [0.25, 0.3) is 0 Å². The summed E-state index contributed by atoms with van der Waals surface area (Å²) in [5.74, 6) is -0.703. The molecule has 3 N–H and O–H groups in total. The first-order valence-corrected chi connectivity index (χ1v) is 7.02. The summed E-state index contributed by atoms with van der Waals surface area (Å²) in [6.07, 6.45) is -4.20. The fourth-order valence-electron chi connectivity index (χ4n) is 2.89. The zero-order valence-corrected chi connectivity index (χ0v) is 12.2. The third kappa shape index (κ3) is 3.93. The van der Waals surface area contributed by atoms with Gasteiger partial charge in [0.1, 0.15) is 0 Å². The first-order valence-electron chi connectivity index (χ1n) is 7.02. The molecule has 1 aliphatic rings. The lowest BCUT2D eigenvalue weighted by molar-refractivity contribution is -0.137. The molecule has 0 aliphatic carbocycles. The molecule has 1 unspecified atom stereocenters. The van der Waals surface area contributed by atoms with Crippen molar-refractivity contribution in [1.82, 2.24) is 0 Å². The van der Waals surface area contributed by atoms with Crippen LogP contribution in [0.5, 0.6) is 0 Å². The molecule has 0 saturated carbocycles. The van der Waals surface area contributed by atoms with Crippen LogP contribution in [0.1, 0.15) is 30.4 Å². The standard InChI is InChI=1S/C15H16F3N3O2/c16-15(17,18)11-6-10(8-19)2-3-12(11)21-5-1-4-14(23,9-21)7-13(20)22/h2-3,6,23H,1,4-5,7,9H2,(H2,20,22). The van der Waals surface area contributed by atoms with E-state index in [1.165, 1.54) is 17.0 Å². The Morgan fingerprint density at radius 3 is 2.74 bits per heavy atom. The van der Waals surface area contributed by atoms with E-state index in [1.807, 2.05) is 0 Å². The van der Waals surface area contributed by atoms with Gasteiger partial charge in [-0.2, -0.15) is 18.4 Å². The molecule has 1 aliphatic heterocycles. The number of hydrogen-bond acceptors (Lipinski definition) is 4. The zero-order valence-electron chi connectivity index (χ0n) is 12.2. The van der Waals surface area contributed by atoms with Crippen molar-refractivity contribution < 1.29 is 23.1 Å². The minimum absolute atomic E-state index is 0.0921. The smallest absolute Gasteiger partial charge is 0.388 e. The fraction of sp³-hybridized carbons (Fsp3) is 0.467. The van der Waals surface area contributed by atoms with Crippen molar-refractivity contribution in [2.75, 3.05) is 18.0 Å². The quantitative estimate of drug-likeness (QED) is 0.885. The highest BCUT2D eigenvalue weighted by molar-refractivity contribution is 5.75. The number of carbonyl (C=O) groups excluding carboxylic acids is 1. The molecule has 1 aromatic carbocycles. The van der Waals surface area contributed by atoms with E-state index >= 15 is 0 Å². The number of primary amides is 1. The summed E-state index contributed by atoms with van der Waals surface area (Å²) in [4.78, 5) is 12.4. The molecule has 1 aromatic rings. The van der Waals surface area contributed by atoms with Crippen LogP contribution in [0.25, 0.3) is 0 Å². The summed E-state index contributed by atoms with van der Waals surface area (Å²) < 4.78 is 39.7. The second-order valence-electron chi connectivity index (χ2n) is 5.73. The minimum atomic E-state index is -4.62. The van der Waals surface area contributed by atoms with Crippen LogP contribution in [-0.4, -0.2) is 29.7 Å². The molecule has 0 radical (unpaired) electrons. The maximum atomic E-state index is 13.2. The van der Waals surface area contributed by atoms with Gasteiger partial charge in [0.05, 0.1) is 29.2 Å². The number of carbonyl (C=O) groups is 1. The van der Waals surface area contributed by atoms with Gasteiger partial charge in [0.15, 0.2) is 0 Å². The normalized spacial score (nSPS) is 21.8. The third-order valence-corrected chi connectivity index (χ3v) is 3.83. The van der Waals surface area contributed by atoms with Crippen LogP contribution < -0.4 is 10.6 Å². The van der Waals surface area contributed by atoms with E-state index in [2.05, 4.69) is 0 Å². The molecular formula is C15H16F3N3O2. The van der Waals surface area contributed by atoms with Crippen molar-refractivity contribution in [1.29, 1.82) is 5.26 Å². The zero-order chi connectivity index (χ0) is 17.3. The van der Waals surface area contributed by atoms with Crippen LogP contribution in [0.4, 0.5) is 18.9 Å². The molecule has 23 heavy (non-hydrogen) atoms. The lowest BCUT2D eigenvalue weighted by Crippen LogP contribution is -2.50. The van der Waals surface area contributed by atoms with Crippen LogP contribution >= 0.6 is 0 Å². The SMILES string of the molecule is N#Cc1ccc(N2CCCC(O)(CC(N)=O)C2)c(C(F)(F)F)c1. The lowest BCUT2D eigenvalue weighted by atomic mass is 9.88. The van der Waals surface area contributed by atoms with Crippen molar-refractivity contribution in [3.05, 3.63) is 29.3 Å². The van der Waals surface area contributed by atoms with Gasteiger partial charge in [-0.1, -0.05) is 0 Å². The van der Waals surface area contributed by atoms with Crippen molar-refractivity contribution in [3.8, 4) is 6.07 Å².